The molecule has 1 N–H and O–H groups in total. The molecule has 2 amide bonds. The molecule has 2 aliphatic heterocycles. The summed E-state index contributed by atoms with van der Waals surface area (Å²) in [6.45, 7) is 4.15. The van der Waals surface area contributed by atoms with Gasteiger partial charge in [0.05, 0.1) is 24.5 Å². The van der Waals surface area contributed by atoms with Gasteiger partial charge < -0.3 is 24.3 Å². The number of thiocarbonyl (C=S) groups is 1. The van der Waals surface area contributed by atoms with Crippen molar-refractivity contribution < 1.29 is 23.1 Å². The van der Waals surface area contributed by atoms with Crippen LogP contribution in [0.2, 0.25) is 0 Å². The predicted molar refractivity (Wildman–Crippen MR) is 112 cm³/mol. The van der Waals surface area contributed by atoms with E-state index >= 15 is 0 Å². The summed E-state index contributed by atoms with van der Waals surface area (Å²) in [6.07, 6.45) is 0.188. The van der Waals surface area contributed by atoms with Gasteiger partial charge in [-0.3, -0.25) is 9.69 Å². The van der Waals surface area contributed by atoms with Gasteiger partial charge in [-0.2, -0.15) is 0 Å². The van der Waals surface area contributed by atoms with Crippen LogP contribution in [0.5, 0.6) is 0 Å². The van der Waals surface area contributed by atoms with Crippen molar-refractivity contribution >= 4 is 40.6 Å². The van der Waals surface area contributed by atoms with E-state index in [-0.39, 0.29) is 19.0 Å². The average molecular weight is 448 g/mol. The minimum absolute atomic E-state index is 0.206. The molecule has 0 saturated carbocycles. The van der Waals surface area contributed by atoms with E-state index in [4.69, 9.17) is 21.4 Å². The summed E-state index contributed by atoms with van der Waals surface area (Å²) in [4.78, 5) is 28.9. The molecule has 0 spiro atoms. The lowest BCUT2D eigenvalue weighted by atomic mass is 10.2. The highest BCUT2D eigenvalue weighted by atomic mass is 32.1. The van der Waals surface area contributed by atoms with E-state index in [9.17, 15) is 14.0 Å². The van der Waals surface area contributed by atoms with Crippen LogP contribution in [-0.4, -0.2) is 77.5 Å². The standard InChI is InChI=1S/C19H21FN6O4S/c1-12(27)21-9-14-10-26(19(28)30-14)13-2-3-16(15(20)8-13)24-4-6-25(7-5-24)18(31)17-23-22-11-29-17/h2-3,8,11,14H,4-7,9-10H2,1H3,(H,21,27)/t14-/m0/s1. The highest BCUT2D eigenvalue weighted by Crippen LogP contribution is 2.28. The molecule has 2 aliphatic rings. The molecule has 0 unspecified atom stereocenters. The number of anilines is 2. The number of ether oxygens (including phenoxy) is 1. The molecule has 1 atom stereocenters. The Hall–Kier alpha value is -3.28. The van der Waals surface area contributed by atoms with Crippen molar-refractivity contribution in [3.8, 4) is 0 Å². The van der Waals surface area contributed by atoms with Crippen LogP contribution in [0.4, 0.5) is 20.6 Å². The lowest BCUT2D eigenvalue weighted by molar-refractivity contribution is -0.119. The van der Waals surface area contributed by atoms with Gasteiger partial charge >= 0.3 is 6.09 Å². The number of nitrogens with one attached hydrogen (secondary N) is 1. The van der Waals surface area contributed by atoms with E-state index in [1.807, 2.05) is 9.80 Å². The zero-order valence-corrected chi connectivity index (χ0v) is 17.6. The van der Waals surface area contributed by atoms with Crippen molar-refractivity contribution in [1.29, 1.82) is 0 Å². The SMILES string of the molecule is CC(=O)NC[C@H]1CN(c2ccc(N3CCN(C(=S)c4nnco4)CC3)c(F)c2)C(=O)O1. The van der Waals surface area contributed by atoms with Crippen molar-refractivity contribution in [2.75, 3.05) is 49.1 Å². The Morgan fingerprint density at radius 3 is 2.74 bits per heavy atom. The van der Waals surface area contributed by atoms with Gasteiger partial charge in [-0.05, 0) is 18.2 Å². The topological polar surface area (TPSA) is 104 Å². The van der Waals surface area contributed by atoms with Gasteiger partial charge in [0.2, 0.25) is 12.3 Å². The number of halogens is 1. The molecule has 12 heteroatoms. The number of piperazine rings is 1. The minimum atomic E-state index is -0.564. The number of cyclic esters (lactones) is 1. The Balaban J connectivity index is 1.38. The molecule has 2 fully saturated rings. The molecular formula is C19H21FN6O4S. The van der Waals surface area contributed by atoms with E-state index < -0.39 is 18.0 Å². The van der Waals surface area contributed by atoms with Crippen molar-refractivity contribution in [3.63, 3.8) is 0 Å². The number of benzene rings is 1. The van der Waals surface area contributed by atoms with Gasteiger partial charge in [-0.15, -0.1) is 10.2 Å². The second kappa shape index (κ2) is 8.84. The Kier molecular flexibility index (Phi) is 5.98. The fourth-order valence-corrected chi connectivity index (χ4v) is 3.84. The first kappa shape index (κ1) is 21.0. The maximum absolute atomic E-state index is 14.9. The first-order valence-corrected chi connectivity index (χ1v) is 10.2. The van der Waals surface area contributed by atoms with Crippen LogP contribution in [0.25, 0.3) is 0 Å². The summed E-state index contributed by atoms with van der Waals surface area (Å²) in [7, 11) is 0. The first-order valence-electron chi connectivity index (χ1n) is 9.75. The summed E-state index contributed by atoms with van der Waals surface area (Å²) < 4.78 is 25.3. The highest BCUT2D eigenvalue weighted by molar-refractivity contribution is 7.80. The molecule has 4 rings (SSSR count). The molecule has 2 aromatic rings. The summed E-state index contributed by atoms with van der Waals surface area (Å²) in [5, 5.41) is 10.1. The molecule has 0 radical (unpaired) electrons. The molecule has 1 aromatic heterocycles. The zero-order valence-electron chi connectivity index (χ0n) is 16.8. The lowest BCUT2D eigenvalue weighted by Crippen LogP contribution is -2.48. The van der Waals surface area contributed by atoms with Crippen LogP contribution >= 0.6 is 12.2 Å². The Morgan fingerprint density at radius 2 is 2.10 bits per heavy atom. The first-order chi connectivity index (χ1) is 14.9. The van der Waals surface area contributed by atoms with Crippen LogP contribution < -0.4 is 15.1 Å². The van der Waals surface area contributed by atoms with Crippen molar-refractivity contribution in [2.24, 2.45) is 0 Å². The van der Waals surface area contributed by atoms with Gasteiger partial charge in [0, 0.05) is 33.1 Å². The number of carbonyl (C=O) groups is 2. The van der Waals surface area contributed by atoms with E-state index in [0.717, 1.165) is 0 Å². The number of carbonyl (C=O) groups excluding carboxylic acids is 2. The summed E-state index contributed by atoms with van der Waals surface area (Å²) >= 11 is 5.37. The third-order valence-corrected chi connectivity index (χ3v) is 5.58. The summed E-state index contributed by atoms with van der Waals surface area (Å²) in [6, 6.07) is 4.67. The molecular weight excluding hydrogens is 427 g/mol. The smallest absolute Gasteiger partial charge is 0.414 e. The van der Waals surface area contributed by atoms with Crippen LogP contribution in [0.3, 0.4) is 0 Å². The second-order valence-electron chi connectivity index (χ2n) is 7.21. The predicted octanol–water partition coefficient (Wildman–Crippen LogP) is 1.17. The quantitative estimate of drug-likeness (QED) is 0.675. The minimum Gasteiger partial charge on any atom is -0.442 e. The normalized spacial score (nSPS) is 18.8. The van der Waals surface area contributed by atoms with E-state index in [1.165, 1.54) is 24.3 Å². The Labute approximate surface area is 182 Å². The third kappa shape index (κ3) is 4.58. The number of hydrogen-bond acceptors (Lipinski definition) is 8. The van der Waals surface area contributed by atoms with E-state index in [2.05, 4.69) is 15.5 Å². The number of hydrogen-bond donors (Lipinski definition) is 1. The second-order valence-corrected chi connectivity index (χ2v) is 7.60. The average Bonchev–Trinajstić information content (AvgIpc) is 3.42. The van der Waals surface area contributed by atoms with Crippen LogP contribution in [0.15, 0.2) is 29.0 Å². The van der Waals surface area contributed by atoms with Crippen LogP contribution in [0, 0.1) is 5.82 Å². The number of aromatic nitrogens is 2. The van der Waals surface area contributed by atoms with Gasteiger partial charge in [-0.25, -0.2) is 9.18 Å². The van der Waals surface area contributed by atoms with E-state index in [0.29, 0.717) is 48.4 Å². The van der Waals surface area contributed by atoms with Crippen molar-refractivity contribution in [1.82, 2.24) is 20.4 Å². The highest BCUT2D eigenvalue weighted by Gasteiger charge is 2.33. The maximum atomic E-state index is 14.9. The van der Waals surface area contributed by atoms with Gasteiger partial charge in [0.25, 0.3) is 5.89 Å². The third-order valence-electron chi connectivity index (χ3n) is 5.15. The number of amides is 2. The van der Waals surface area contributed by atoms with Crippen LogP contribution in [-0.2, 0) is 9.53 Å². The monoisotopic (exact) mass is 448 g/mol. The molecule has 1 aromatic carbocycles. The Bertz CT molecular complexity index is 980. The largest absolute Gasteiger partial charge is 0.442 e. The molecule has 164 valence electrons. The van der Waals surface area contributed by atoms with Crippen molar-refractivity contribution in [3.05, 3.63) is 36.3 Å². The summed E-state index contributed by atoms with van der Waals surface area (Å²) in [5.74, 6) is -0.334. The number of rotatable bonds is 5. The molecule has 2 saturated heterocycles. The fourth-order valence-electron chi connectivity index (χ4n) is 3.57. The fraction of sp³-hybridized carbons (Fsp3) is 0.421. The zero-order chi connectivity index (χ0) is 22.0. The molecule has 0 aliphatic carbocycles. The molecule has 31 heavy (non-hydrogen) atoms. The molecule has 10 nitrogen and oxygen atoms in total. The summed E-state index contributed by atoms with van der Waals surface area (Å²) in [5.41, 5.74) is 0.863. The van der Waals surface area contributed by atoms with Gasteiger partial charge in [0.15, 0.2) is 4.99 Å². The van der Waals surface area contributed by atoms with Gasteiger partial charge in [0.1, 0.15) is 11.9 Å². The lowest BCUT2D eigenvalue weighted by Gasteiger charge is -2.36. The van der Waals surface area contributed by atoms with Gasteiger partial charge in [-0.1, -0.05) is 12.2 Å². The number of nitrogens with zero attached hydrogens (tertiary/aromatic N) is 5. The van der Waals surface area contributed by atoms with E-state index in [1.54, 1.807) is 12.1 Å². The maximum Gasteiger partial charge on any atom is 0.414 e. The molecule has 3 heterocycles. The molecule has 0 bridgehead atoms. The van der Waals surface area contributed by atoms with Crippen LogP contribution in [0.1, 0.15) is 12.8 Å². The Morgan fingerprint density at radius 1 is 1.32 bits per heavy atom. The van der Waals surface area contributed by atoms with Crippen molar-refractivity contribution in [2.45, 2.75) is 13.0 Å².